The number of nitrogens with zero attached hydrogens (tertiary/aromatic N) is 4. The van der Waals surface area contributed by atoms with Crippen LogP contribution in [0.2, 0.25) is 0 Å². The molecule has 1 aliphatic heterocycles. The molecule has 1 amide bonds. The maximum atomic E-state index is 12.9. The molecule has 132 valence electrons. The van der Waals surface area contributed by atoms with Crippen molar-refractivity contribution in [1.29, 1.82) is 0 Å². The van der Waals surface area contributed by atoms with Gasteiger partial charge in [-0.25, -0.2) is 0 Å². The summed E-state index contributed by atoms with van der Waals surface area (Å²) in [6, 6.07) is 12.1. The van der Waals surface area contributed by atoms with Gasteiger partial charge in [0, 0.05) is 48.7 Å². The number of H-pyrrole nitrogens is 1. The highest BCUT2D eigenvalue weighted by molar-refractivity contribution is 6.06. The highest BCUT2D eigenvalue weighted by Gasteiger charge is 2.34. The molecule has 0 bridgehead atoms. The Morgan fingerprint density at radius 3 is 2.73 bits per heavy atom. The second kappa shape index (κ2) is 5.83. The maximum absolute atomic E-state index is 12.9. The monoisotopic (exact) mass is 347 g/mol. The summed E-state index contributed by atoms with van der Waals surface area (Å²) in [5.41, 5.74) is 2.85. The van der Waals surface area contributed by atoms with Crippen LogP contribution in [0.3, 0.4) is 0 Å². The Balaban J connectivity index is 1.26. The topological polar surface area (TPSA) is 65.1 Å². The Morgan fingerprint density at radius 2 is 2.00 bits per heavy atom. The van der Waals surface area contributed by atoms with E-state index in [-0.39, 0.29) is 11.9 Å². The number of nitrogens with one attached hydrogen (secondary N) is 1. The number of fused-ring (bicyclic) bond motifs is 1. The van der Waals surface area contributed by atoms with Crippen LogP contribution in [0.1, 0.15) is 34.8 Å². The molecule has 5 rings (SSSR count). The number of carbonyl (C=O) groups is 1. The summed E-state index contributed by atoms with van der Waals surface area (Å²) >= 11 is 0. The van der Waals surface area contributed by atoms with Crippen LogP contribution >= 0.6 is 0 Å². The van der Waals surface area contributed by atoms with E-state index in [0.29, 0.717) is 5.92 Å². The van der Waals surface area contributed by atoms with E-state index in [4.69, 9.17) is 0 Å². The predicted octanol–water partition coefficient (Wildman–Crippen LogP) is 2.80. The van der Waals surface area contributed by atoms with E-state index in [9.17, 15) is 4.79 Å². The molecule has 3 heterocycles. The SMILES string of the molecule is CN(C(=O)c1cccc2[nH]ccc12)C1CN(c2ccc(C3CC3)nn2)C1. The smallest absolute Gasteiger partial charge is 0.254 e. The fourth-order valence-corrected chi connectivity index (χ4v) is 3.62. The minimum Gasteiger partial charge on any atom is -0.361 e. The second-order valence-electron chi connectivity index (χ2n) is 7.31. The van der Waals surface area contributed by atoms with Gasteiger partial charge >= 0.3 is 0 Å². The van der Waals surface area contributed by atoms with Crippen LogP contribution in [0, 0.1) is 0 Å². The number of aromatic nitrogens is 3. The third kappa shape index (κ3) is 2.53. The summed E-state index contributed by atoms with van der Waals surface area (Å²) in [6.45, 7) is 1.59. The first kappa shape index (κ1) is 15.4. The number of benzene rings is 1. The van der Waals surface area contributed by atoms with Crippen LogP contribution in [0.15, 0.2) is 42.6 Å². The molecule has 1 N–H and O–H groups in total. The third-order valence-electron chi connectivity index (χ3n) is 5.55. The van der Waals surface area contributed by atoms with Gasteiger partial charge < -0.3 is 14.8 Å². The molecular weight excluding hydrogens is 326 g/mol. The Kier molecular flexibility index (Phi) is 3.45. The molecule has 0 spiro atoms. The summed E-state index contributed by atoms with van der Waals surface area (Å²) in [4.78, 5) is 20.1. The second-order valence-corrected chi connectivity index (χ2v) is 7.31. The zero-order valence-corrected chi connectivity index (χ0v) is 14.7. The van der Waals surface area contributed by atoms with Crippen LogP contribution in [-0.2, 0) is 0 Å². The van der Waals surface area contributed by atoms with Gasteiger partial charge in [0.05, 0.1) is 11.7 Å². The number of anilines is 1. The summed E-state index contributed by atoms with van der Waals surface area (Å²) in [7, 11) is 1.89. The lowest BCUT2D eigenvalue weighted by Gasteiger charge is -2.44. The van der Waals surface area contributed by atoms with Crippen molar-refractivity contribution >= 4 is 22.6 Å². The minimum atomic E-state index is 0.0648. The number of likely N-dealkylation sites (N-methyl/N-ethyl adjacent to an activating group) is 1. The van der Waals surface area contributed by atoms with Crippen molar-refractivity contribution < 1.29 is 4.79 Å². The lowest BCUT2D eigenvalue weighted by Crippen LogP contribution is -2.60. The zero-order valence-electron chi connectivity index (χ0n) is 14.7. The van der Waals surface area contributed by atoms with Crippen LogP contribution in [0.4, 0.5) is 5.82 Å². The summed E-state index contributed by atoms with van der Waals surface area (Å²) in [5.74, 6) is 1.59. The molecule has 26 heavy (non-hydrogen) atoms. The van der Waals surface area contributed by atoms with Crippen LogP contribution in [-0.4, -0.2) is 52.2 Å². The molecule has 3 aromatic rings. The van der Waals surface area contributed by atoms with E-state index in [2.05, 4.69) is 32.2 Å². The van der Waals surface area contributed by atoms with Crippen LogP contribution in [0.5, 0.6) is 0 Å². The number of rotatable bonds is 4. The van der Waals surface area contributed by atoms with Gasteiger partial charge in [0.1, 0.15) is 0 Å². The van der Waals surface area contributed by atoms with E-state index >= 15 is 0 Å². The van der Waals surface area contributed by atoms with Gasteiger partial charge in [-0.2, -0.15) is 5.10 Å². The van der Waals surface area contributed by atoms with Crippen molar-refractivity contribution in [2.75, 3.05) is 25.0 Å². The molecule has 6 nitrogen and oxygen atoms in total. The Hall–Kier alpha value is -2.89. The quantitative estimate of drug-likeness (QED) is 0.788. The van der Waals surface area contributed by atoms with E-state index < -0.39 is 0 Å². The number of hydrogen-bond donors (Lipinski definition) is 1. The van der Waals surface area contributed by atoms with Crippen LogP contribution in [0.25, 0.3) is 10.9 Å². The fraction of sp³-hybridized carbons (Fsp3) is 0.350. The molecule has 1 aromatic carbocycles. The molecular formula is C20H21N5O. The van der Waals surface area contributed by atoms with Gasteiger partial charge in [-0.1, -0.05) is 6.07 Å². The predicted molar refractivity (Wildman–Crippen MR) is 100 cm³/mol. The van der Waals surface area contributed by atoms with Gasteiger partial charge in [-0.15, -0.1) is 5.10 Å². The Morgan fingerprint density at radius 1 is 1.15 bits per heavy atom. The Bertz CT molecular complexity index is 954. The van der Waals surface area contributed by atoms with Crippen molar-refractivity contribution in [1.82, 2.24) is 20.1 Å². The van der Waals surface area contributed by atoms with E-state index in [1.807, 2.05) is 42.4 Å². The third-order valence-corrected chi connectivity index (χ3v) is 5.55. The molecule has 2 aromatic heterocycles. The van der Waals surface area contributed by atoms with E-state index in [0.717, 1.165) is 41.1 Å². The molecule has 6 heteroatoms. The van der Waals surface area contributed by atoms with Crippen molar-refractivity contribution in [2.45, 2.75) is 24.8 Å². The molecule has 0 atom stereocenters. The normalized spacial score (nSPS) is 17.3. The van der Waals surface area contributed by atoms with Crippen molar-refractivity contribution in [3.63, 3.8) is 0 Å². The first-order valence-electron chi connectivity index (χ1n) is 9.12. The van der Waals surface area contributed by atoms with E-state index in [1.54, 1.807) is 0 Å². The summed E-state index contributed by atoms with van der Waals surface area (Å²) in [6.07, 6.45) is 4.34. The zero-order chi connectivity index (χ0) is 17.7. The van der Waals surface area contributed by atoms with Gasteiger partial charge in [-0.05, 0) is 43.2 Å². The van der Waals surface area contributed by atoms with Crippen molar-refractivity contribution in [2.24, 2.45) is 0 Å². The van der Waals surface area contributed by atoms with Gasteiger partial charge in [0.2, 0.25) is 0 Å². The van der Waals surface area contributed by atoms with Crippen molar-refractivity contribution in [3.05, 3.63) is 53.9 Å². The molecule has 2 aliphatic rings. The highest BCUT2D eigenvalue weighted by atomic mass is 16.2. The fourth-order valence-electron chi connectivity index (χ4n) is 3.62. The standard InChI is InChI=1S/C20H21N5O/c1-24(20(26)16-3-2-4-18-15(16)9-10-21-18)14-11-25(12-14)19-8-7-17(22-23-19)13-5-6-13/h2-4,7-10,13-14,21H,5-6,11-12H2,1H3. The number of hydrogen-bond acceptors (Lipinski definition) is 4. The van der Waals surface area contributed by atoms with Gasteiger partial charge in [-0.3, -0.25) is 4.79 Å². The molecule has 0 radical (unpaired) electrons. The molecule has 1 saturated heterocycles. The largest absolute Gasteiger partial charge is 0.361 e. The summed E-state index contributed by atoms with van der Waals surface area (Å²) < 4.78 is 0. The first-order valence-corrected chi connectivity index (χ1v) is 9.12. The Labute approximate surface area is 151 Å². The maximum Gasteiger partial charge on any atom is 0.254 e. The number of aromatic amines is 1. The first-order chi connectivity index (χ1) is 12.7. The van der Waals surface area contributed by atoms with Crippen molar-refractivity contribution in [3.8, 4) is 0 Å². The molecule has 1 saturated carbocycles. The lowest BCUT2D eigenvalue weighted by atomic mass is 10.0. The number of amides is 1. The van der Waals surface area contributed by atoms with E-state index in [1.165, 1.54) is 12.8 Å². The average Bonchev–Trinajstić information content (AvgIpc) is 3.36. The molecule has 0 unspecified atom stereocenters. The minimum absolute atomic E-state index is 0.0648. The van der Waals surface area contributed by atoms with Crippen LogP contribution < -0.4 is 4.90 Å². The van der Waals surface area contributed by atoms with Gasteiger partial charge in [0.25, 0.3) is 5.91 Å². The highest BCUT2D eigenvalue weighted by Crippen LogP contribution is 2.39. The summed E-state index contributed by atoms with van der Waals surface area (Å²) in [5, 5.41) is 9.68. The van der Waals surface area contributed by atoms with Gasteiger partial charge in [0.15, 0.2) is 5.82 Å². The number of carbonyl (C=O) groups excluding carboxylic acids is 1. The average molecular weight is 347 g/mol. The molecule has 2 fully saturated rings. The lowest BCUT2D eigenvalue weighted by molar-refractivity contribution is 0.0707. The molecule has 1 aliphatic carbocycles.